The van der Waals surface area contributed by atoms with Crippen molar-refractivity contribution in [3.05, 3.63) is 59.5 Å². The molecule has 0 radical (unpaired) electrons. The fourth-order valence-corrected chi connectivity index (χ4v) is 4.04. The molecule has 0 aliphatic carbocycles. The highest BCUT2D eigenvalue weighted by molar-refractivity contribution is 7.89. The molecule has 0 saturated carbocycles. The minimum absolute atomic E-state index is 0.0296. The van der Waals surface area contributed by atoms with E-state index < -0.39 is 27.7 Å². The Morgan fingerprint density at radius 1 is 1.10 bits per heavy atom. The topological polar surface area (TPSA) is 81.2 Å². The van der Waals surface area contributed by atoms with Crippen molar-refractivity contribution in [1.29, 1.82) is 0 Å². The van der Waals surface area contributed by atoms with E-state index in [4.69, 9.17) is 5.14 Å². The van der Waals surface area contributed by atoms with E-state index in [1.165, 1.54) is 30.3 Å². The maximum atomic E-state index is 14.7. The van der Waals surface area contributed by atoms with Crippen molar-refractivity contribution in [2.24, 2.45) is 5.14 Å². The first-order valence-corrected chi connectivity index (χ1v) is 10.3. The third kappa shape index (κ3) is 3.54. The van der Waals surface area contributed by atoms with Gasteiger partial charge < -0.3 is 4.90 Å². The summed E-state index contributed by atoms with van der Waals surface area (Å²) >= 11 is 0. The van der Waals surface area contributed by atoms with Crippen LogP contribution in [0.2, 0.25) is 0 Å². The van der Waals surface area contributed by atoms with Gasteiger partial charge in [0.25, 0.3) is 0 Å². The van der Waals surface area contributed by atoms with Crippen LogP contribution in [0.25, 0.3) is 16.9 Å². The zero-order valence-electron chi connectivity index (χ0n) is 15.6. The molecular formula is C19H16F4N4O2S. The highest BCUT2D eigenvalue weighted by Gasteiger charge is 2.35. The quantitative estimate of drug-likeness (QED) is 0.634. The molecule has 158 valence electrons. The number of nitrogens with two attached hydrogens (primary N) is 1. The molecule has 3 aromatic rings. The van der Waals surface area contributed by atoms with Gasteiger partial charge in [-0.3, -0.25) is 0 Å². The Balaban J connectivity index is 1.89. The standard InChI is InChI=1S/C19H16F4N4O2S/c1-26-7-6-11-8-12(9-15(20)18(11)26)16-10-17(19(21,22)23)25-27(16)13-2-4-14(5-3-13)30(24,28)29/h2-5,8-10H,6-7H2,1H3,(H2,24,28,29). The Labute approximate surface area is 169 Å². The fourth-order valence-electron chi connectivity index (χ4n) is 3.52. The van der Waals surface area contributed by atoms with Gasteiger partial charge in [-0.05, 0) is 54.4 Å². The van der Waals surface area contributed by atoms with E-state index >= 15 is 0 Å². The third-order valence-corrected chi connectivity index (χ3v) is 5.88. The Hall–Kier alpha value is -2.92. The number of likely N-dealkylation sites (N-methyl/N-ethyl adjacent to an activating group) is 1. The molecule has 0 bridgehead atoms. The van der Waals surface area contributed by atoms with Gasteiger partial charge in [0.1, 0.15) is 5.82 Å². The summed E-state index contributed by atoms with van der Waals surface area (Å²) in [5, 5.41) is 8.70. The van der Waals surface area contributed by atoms with Gasteiger partial charge in [0.05, 0.1) is 22.0 Å². The van der Waals surface area contributed by atoms with Crippen molar-refractivity contribution in [3.8, 4) is 16.9 Å². The summed E-state index contributed by atoms with van der Waals surface area (Å²) in [6, 6.07) is 8.57. The van der Waals surface area contributed by atoms with Crippen LogP contribution in [0.3, 0.4) is 0 Å². The average Bonchev–Trinajstić information content (AvgIpc) is 3.25. The molecule has 4 rings (SSSR count). The van der Waals surface area contributed by atoms with Gasteiger partial charge in [-0.25, -0.2) is 22.6 Å². The number of fused-ring (bicyclic) bond motifs is 1. The number of primary sulfonamides is 1. The van der Waals surface area contributed by atoms with Crippen LogP contribution in [0.15, 0.2) is 47.4 Å². The first kappa shape index (κ1) is 20.4. The monoisotopic (exact) mass is 440 g/mol. The first-order valence-electron chi connectivity index (χ1n) is 8.79. The van der Waals surface area contributed by atoms with E-state index in [1.807, 2.05) is 0 Å². The average molecular weight is 440 g/mol. The minimum Gasteiger partial charge on any atom is -0.372 e. The molecule has 1 aliphatic heterocycles. The largest absolute Gasteiger partial charge is 0.435 e. The van der Waals surface area contributed by atoms with E-state index in [-0.39, 0.29) is 21.8 Å². The van der Waals surface area contributed by atoms with Gasteiger partial charge in [-0.1, -0.05) is 0 Å². The Bertz CT molecular complexity index is 1230. The summed E-state index contributed by atoms with van der Waals surface area (Å²) in [5.74, 6) is -0.534. The van der Waals surface area contributed by atoms with Crippen LogP contribution in [-0.4, -0.2) is 31.8 Å². The Morgan fingerprint density at radius 2 is 1.77 bits per heavy atom. The van der Waals surface area contributed by atoms with E-state index in [2.05, 4.69) is 5.10 Å². The number of sulfonamides is 1. The van der Waals surface area contributed by atoms with E-state index in [1.54, 1.807) is 18.0 Å². The molecule has 6 nitrogen and oxygen atoms in total. The SMILES string of the molecule is CN1CCc2cc(-c3cc(C(F)(F)F)nn3-c3ccc(S(N)(=O)=O)cc3)cc(F)c21. The lowest BCUT2D eigenvalue weighted by atomic mass is 10.0. The minimum atomic E-state index is -4.71. The fraction of sp³-hybridized carbons (Fsp3) is 0.211. The maximum absolute atomic E-state index is 14.7. The molecule has 0 fully saturated rings. The summed E-state index contributed by atoms with van der Waals surface area (Å²) in [7, 11) is -2.22. The van der Waals surface area contributed by atoms with Crippen LogP contribution in [-0.2, 0) is 22.6 Å². The van der Waals surface area contributed by atoms with Crippen molar-refractivity contribution in [3.63, 3.8) is 0 Å². The van der Waals surface area contributed by atoms with Crippen LogP contribution >= 0.6 is 0 Å². The van der Waals surface area contributed by atoms with Gasteiger partial charge in [0.2, 0.25) is 10.0 Å². The Kier molecular flexibility index (Phi) is 4.62. The number of halogens is 4. The van der Waals surface area contributed by atoms with Crippen molar-refractivity contribution in [2.75, 3.05) is 18.5 Å². The van der Waals surface area contributed by atoms with Crippen LogP contribution in [0, 0.1) is 5.82 Å². The van der Waals surface area contributed by atoms with Crippen LogP contribution in [0.4, 0.5) is 23.2 Å². The zero-order valence-corrected chi connectivity index (χ0v) is 16.4. The second-order valence-corrected chi connectivity index (χ2v) is 8.56. The number of hydrogen-bond acceptors (Lipinski definition) is 4. The highest BCUT2D eigenvalue weighted by atomic mass is 32.2. The van der Waals surface area contributed by atoms with Crippen LogP contribution in [0.1, 0.15) is 11.3 Å². The molecule has 2 aromatic carbocycles. The smallest absolute Gasteiger partial charge is 0.372 e. The molecule has 0 unspecified atom stereocenters. The number of alkyl halides is 3. The molecule has 1 aromatic heterocycles. The predicted octanol–water partition coefficient (Wildman–Crippen LogP) is 3.34. The van der Waals surface area contributed by atoms with E-state index in [0.29, 0.717) is 24.2 Å². The molecule has 0 amide bonds. The van der Waals surface area contributed by atoms with Crippen molar-refractivity contribution in [1.82, 2.24) is 9.78 Å². The lowest BCUT2D eigenvalue weighted by molar-refractivity contribution is -0.141. The second-order valence-electron chi connectivity index (χ2n) is 7.00. The van der Waals surface area contributed by atoms with Gasteiger partial charge >= 0.3 is 6.18 Å². The van der Waals surface area contributed by atoms with Gasteiger partial charge in [0.15, 0.2) is 5.69 Å². The number of hydrogen-bond donors (Lipinski definition) is 1. The number of rotatable bonds is 3. The molecule has 0 atom stereocenters. The molecule has 30 heavy (non-hydrogen) atoms. The van der Waals surface area contributed by atoms with Crippen LogP contribution in [0.5, 0.6) is 0 Å². The van der Waals surface area contributed by atoms with Crippen molar-refractivity contribution >= 4 is 15.7 Å². The molecule has 2 heterocycles. The summed E-state index contributed by atoms with van der Waals surface area (Å²) < 4.78 is 78.5. The molecule has 0 saturated heterocycles. The number of aromatic nitrogens is 2. The maximum Gasteiger partial charge on any atom is 0.435 e. The highest BCUT2D eigenvalue weighted by Crippen LogP contribution is 2.37. The lowest BCUT2D eigenvalue weighted by Crippen LogP contribution is -2.13. The van der Waals surface area contributed by atoms with Crippen LogP contribution < -0.4 is 10.0 Å². The van der Waals surface area contributed by atoms with E-state index in [0.717, 1.165) is 10.7 Å². The normalized spacial score (nSPS) is 14.3. The molecule has 1 aliphatic rings. The predicted molar refractivity (Wildman–Crippen MR) is 102 cm³/mol. The molecule has 2 N–H and O–H groups in total. The summed E-state index contributed by atoms with van der Waals surface area (Å²) in [4.78, 5) is 1.56. The third-order valence-electron chi connectivity index (χ3n) is 4.95. The molecule has 11 heteroatoms. The van der Waals surface area contributed by atoms with Gasteiger partial charge in [0, 0.05) is 19.2 Å². The first-order chi connectivity index (χ1) is 13.9. The number of nitrogens with zero attached hydrogens (tertiary/aromatic N) is 3. The zero-order chi connectivity index (χ0) is 21.8. The van der Waals surface area contributed by atoms with Crippen molar-refractivity contribution in [2.45, 2.75) is 17.5 Å². The second kappa shape index (κ2) is 6.81. The molecular weight excluding hydrogens is 424 g/mol. The summed E-state index contributed by atoms with van der Waals surface area (Å²) in [5.41, 5.74) is 0.413. The Morgan fingerprint density at radius 3 is 2.37 bits per heavy atom. The number of benzene rings is 2. The van der Waals surface area contributed by atoms with Gasteiger partial charge in [-0.2, -0.15) is 18.3 Å². The lowest BCUT2D eigenvalue weighted by Gasteiger charge is -2.14. The van der Waals surface area contributed by atoms with Gasteiger partial charge in [-0.15, -0.1) is 0 Å². The summed E-state index contributed by atoms with van der Waals surface area (Å²) in [6.07, 6.45) is -4.14. The summed E-state index contributed by atoms with van der Waals surface area (Å²) in [6.45, 7) is 0.609. The van der Waals surface area contributed by atoms with Crippen molar-refractivity contribution < 1.29 is 26.0 Å². The van der Waals surface area contributed by atoms with E-state index in [9.17, 15) is 26.0 Å². The molecule has 0 spiro atoms. The number of anilines is 1.